The van der Waals surface area contributed by atoms with Crippen molar-refractivity contribution in [1.82, 2.24) is 14.6 Å². The van der Waals surface area contributed by atoms with E-state index in [1.165, 1.54) is 21.1 Å². The lowest BCUT2D eigenvalue weighted by molar-refractivity contribution is -0.239. The van der Waals surface area contributed by atoms with Crippen molar-refractivity contribution in [1.29, 1.82) is 0 Å². The summed E-state index contributed by atoms with van der Waals surface area (Å²) in [6, 6.07) is 20.5. The highest BCUT2D eigenvalue weighted by Crippen LogP contribution is 2.39. The molecule has 2 atom stereocenters. The highest BCUT2D eigenvalue weighted by molar-refractivity contribution is 6.99. The molecular weight excluding hydrogens is 474 g/mol. The molecule has 1 aliphatic heterocycles. The van der Waals surface area contributed by atoms with Gasteiger partial charge >= 0.3 is 5.69 Å². The van der Waals surface area contributed by atoms with E-state index in [9.17, 15) is 14.7 Å². The van der Waals surface area contributed by atoms with Gasteiger partial charge in [-0.1, -0.05) is 81.4 Å². The van der Waals surface area contributed by atoms with Crippen LogP contribution in [-0.4, -0.2) is 54.3 Å². The van der Waals surface area contributed by atoms with Gasteiger partial charge in [0.05, 0.1) is 19.3 Å². The summed E-state index contributed by atoms with van der Waals surface area (Å²) in [6.07, 6.45) is 1.75. The van der Waals surface area contributed by atoms with Gasteiger partial charge in [-0.15, -0.1) is 0 Å². The van der Waals surface area contributed by atoms with Gasteiger partial charge in [0.2, 0.25) is 0 Å². The minimum absolute atomic E-state index is 0.186. The van der Waals surface area contributed by atoms with Crippen LogP contribution >= 0.6 is 0 Å². The van der Waals surface area contributed by atoms with Gasteiger partial charge in [-0.05, 0) is 22.3 Å². The quantitative estimate of drug-likeness (QED) is 0.471. The number of aromatic amines is 1. The third kappa shape index (κ3) is 4.53. The minimum atomic E-state index is -2.77. The van der Waals surface area contributed by atoms with Crippen molar-refractivity contribution in [3.63, 3.8) is 0 Å². The van der Waals surface area contributed by atoms with Crippen molar-refractivity contribution < 1.29 is 14.4 Å². The average Bonchev–Trinajstić information content (AvgIpc) is 3.18. The van der Waals surface area contributed by atoms with Crippen molar-refractivity contribution in [2.24, 2.45) is 0 Å². The summed E-state index contributed by atoms with van der Waals surface area (Å²) >= 11 is 0. The maximum absolute atomic E-state index is 12.6. The van der Waals surface area contributed by atoms with Crippen molar-refractivity contribution in [2.45, 2.75) is 50.9 Å². The van der Waals surface area contributed by atoms with E-state index in [4.69, 9.17) is 9.26 Å². The Balaban J connectivity index is 1.72. The normalized spacial score (nSPS) is 21.1. The van der Waals surface area contributed by atoms with Crippen LogP contribution in [0, 0.1) is 6.92 Å². The van der Waals surface area contributed by atoms with Crippen molar-refractivity contribution in [2.75, 3.05) is 20.3 Å². The van der Waals surface area contributed by atoms with E-state index >= 15 is 0 Å². The zero-order chi connectivity index (χ0) is 26.1. The Bertz CT molecular complexity index is 1260. The van der Waals surface area contributed by atoms with E-state index in [2.05, 4.69) is 50.0 Å². The van der Waals surface area contributed by atoms with Gasteiger partial charge in [-0.3, -0.25) is 19.2 Å². The number of hydrogen-bond acceptors (Lipinski definition) is 6. The molecular formula is C27H35N3O5Si. The lowest BCUT2D eigenvalue weighted by Crippen LogP contribution is -2.67. The SMILES string of the molecule is Cc1cn([C@]2(CO)C[C@H](CO[Si](c3ccccc3)(c3ccccc3)C(C)(C)C)N(C)O2)c(=O)[nH]c1=O. The molecule has 192 valence electrons. The third-order valence-corrected chi connectivity index (χ3v) is 12.1. The first kappa shape index (κ1) is 26.2. The van der Waals surface area contributed by atoms with Crippen LogP contribution in [0.25, 0.3) is 0 Å². The highest BCUT2D eigenvalue weighted by Gasteiger charge is 2.52. The first-order valence-corrected chi connectivity index (χ1v) is 14.1. The molecule has 1 fully saturated rings. The first-order chi connectivity index (χ1) is 17.0. The summed E-state index contributed by atoms with van der Waals surface area (Å²) in [5.41, 5.74) is -2.05. The molecule has 2 heterocycles. The average molecular weight is 510 g/mol. The predicted molar refractivity (Wildman–Crippen MR) is 142 cm³/mol. The van der Waals surface area contributed by atoms with Crippen LogP contribution in [0.2, 0.25) is 5.04 Å². The fourth-order valence-electron chi connectivity index (χ4n) is 5.20. The molecule has 0 saturated carbocycles. The van der Waals surface area contributed by atoms with Crippen molar-refractivity contribution in [3.05, 3.63) is 93.3 Å². The third-order valence-electron chi connectivity index (χ3n) is 7.10. The minimum Gasteiger partial charge on any atom is -0.406 e. The Hall–Kier alpha value is -2.82. The topological polar surface area (TPSA) is 96.8 Å². The molecule has 3 aromatic rings. The number of aliphatic hydroxyl groups is 1. The number of aryl methyl sites for hydroxylation is 1. The summed E-state index contributed by atoms with van der Waals surface area (Å²) in [6.45, 7) is 8.17. The van der Waals surface area contributed by atoms with Crippen LogP contribution in [0.15, 0.2) is 76.4 Å². The Kier molecular flexibility index (Phi) is 7.23. The summed E-state index contributed by atoms with van der Waals surface area (Å²) in [5.74, 6) is 0. The van der Waals surface area contributed by atoms with Gasteiger partial charge in [-0.25, -0.2) is 4.79 Å². The summed E-state index contributed by atoms with van der Waals surface area (Å²) < 4.78 is 8.34. The van der Waals surface area contributed by atoms with Gasteiger partial charge in [0.25, 0.3) is 13.9 Å². The van der Waals surface area contributed by atoms with E-state index in [0.29, 0.717) is 18.6 Å². The van der Waals surface area contributed by atoms with Crippen LogP contribution in [0.3, 0.4) is 0 Å². The first-order valence-electron chi connectivity index (χ1n) is 12.1. The maximum Gasteiger partial charge on any atom is 0.330 e. The Morgan fingerprint density at radius 2 is 1.64 bits per heavy atom. The molecule has 1 aromatic heterocycles. The zero-order valence-corrected chi connectivity index (χ0v) is 22.5. The van der Waals surface area contributed by atoms with Crippen molar-refractivity contribution in [3.8, 4) is 0 Å². The van der Waals surface area contributed by atoms with Gasteiger partial charge in [0, 0.05) is 25.2 Å². The largest absolute Gasteiger partial charge is 0.406 e. The van der Waals surface area contributed by atoms with E-state index < -0.39 is 31.9 Å². The van der Waals surface area contributed by atoms with Gasteiger partial charge in [-0.2, -0.15) is 5.06 Å². The molecule has 9 heteroatoms. The Labute approximate surface area is 212 Å². The number of H-pyrrole nitrogens is 1. The van der Waals surface area contributed by atoms with Gasteiger partial charge < -0.3 is 9.53 Å². The van der Waals surface area contributed by atoms with E-state index in [-0.39, 0.29) is 11.1 Å². The standard InChI is InChI=1S/C27H35N3O5Si/c1-20-17-30(25(33)28-24(20)32)27(19-31)16-21(29(5)35-27)18-34-36(26(2,3)4,22-12-8-6-9-13-22)23-14-10-7-11-15-23/h6-15,17,21,31H,16,18-19H2,1-5H3,(H,28,32,33)/t21-,27-/m1/s1. The highest BCUT2D eigenvalue weighted by atomic mass is 28.4. The number of rotatable bonds is 7. The fraction of sp³-hybridized carbons (Fsp3) is 0.407. The number of hydrogen-bond donors (Lipinski definition) is 2. The molecule has 0 radical (unpaired) electrons. The molecule has 0 spiro atoms. The molecule has 0 unspecified atom stereocenters. The molecule has 0 bridgehead atoms. The molecule has 36 heavy (non-hydrogen) atoms. The van der Waals surface area contributed by atoms with Crippen molar-refractivity contribution >= 4 is 18.7 Å². The number of hydroxylamine groups is 2. The van der Waals surface area contributed by atoms with E-state index in [0.717, 1.165) is 0 Å². The Morgan fingerprint density at radius 3 is 2.14 bits per heavy atom. The monoisotopic (exact) mass is 509 g/mol. The van der Waals surface area contributed by atoms with Crippen LogP contribution in [0.5, 0.6) is 0 Å². The molecule has 2 aromatic carbocycles. The lowest BCUT2D eigenvalue weighted by Gasteiger charge is -2.43. The van der Waals surface area contributed by atoms with Crippen LogP contribution < -0.4 is 21.6 Å². The molecule has 0 amide bonds. The van der Waals surface area contributed by atoms with Gasteiger partial charge in [0.1, 0.15) is 0 Å². The second-order valence-electron chi connectivity index (χ2n) is 10.5. The molecule has 0 aliphatic carbocycles. The van der Waals surface area contributed by atoms with Crippen LogP contribution in [0.4, 0.5) is 0 Å². The molecule has 8 nitrogen and oxygen atoms in total. The fourth-order valence-corrected chi connectivity index (χ4v) is 9.80. The van der Waals surface area contributed by atoms with Gasteiger partial charge in [0.15, 0.2) is 5.72 Å². The van der Waals surface area contributed by atoms with E-state index in [1.54, 1.807) is 19.0 Å². The molecule has 1 saturated heterocycles. The number of benzene rings is 2. The number of nitrogens with one attached hydrogen (secondary N) is 1. The predicted octanol–water partition coefficient (Wildman–Crippen LogP) is 1.70. The summed E-state index contributed by atoms with van der Waals surface area (Å²) in [5, 5.41) is 14.2. The molecule has 2 N–H and O–H groups in total. The molecule has 4 rings (SSSR count). The number of aliphatic hydroxyl groups excluding tert-OH is 1. The second-order valence-corrected chi connectivity index (χ2v) is 14.8. The van der Waals surface area contributed by atoms with Crippen LogP contribution in [-0.2, 0) is 15.0 Å². The van der Waals surface area contributed by atoms with Crippen LogP contribution in [0.1, 0.15) is 32.8 Å². The molecule has 1 aliphatic rings. The van der Waals surface area contributed by atoms with E-state index in [1.807, 2.05) is 36.4 Å². The zero-order valence-electron chi connectivity index (χ0n) is 21.5. The number of nitrogens with zero attached hydrogens (tertiary/aromatic N) is 2. The number of likely N-dealkylation sites (N-methyl/N-ethyl adjacent to an activating group) is 1. The summed E-state index contributed by atoms with van der Waals surface area (Å²) in [7, 11) is -0.992. The number of aromatic nitrogens is 2. The smallest absolute Gasteiger partial charge is 0.330 e. The second kappa shape index (κ2) is 9.91. The maximum atomic E-state index is 12.6. The summed E-state index contributed by atoms with van der Waals surface area (Å²) in [4.78, 5) is 33.0. The Morgan fingerprint density at radius 1 is 1.08 bits per heavy atom. The lowest BCUT2D eigenvalue weighted by atomic mass is 10.1.